The first kappa shape index (κ1) is 24.5. The van der Waals surface area contributed by atoms with Crippen molar-refractivity contribution in [3.05, 3.63) is 23.9 Å². The van der Waals surface area contributed by atoms with Gasteiger partial charge in [-0.25, -0.2) is 4.98 Å². The summed E-state index contributed by atoms with van der Waals surface area (Å²) in [6.45, 7) is 5.16. The number of aliphatic imine (C=N–C) groups is 1. The van der Waals surface area contributed by atoms with Crippen LogP contribution in [0.5, 0.6) is 5.88 Å². The highest BCUT2D eigenvalue weighted by Gasteiger charge is 2.42. The van der Waals surface area contributed by atoms with Crippen LogP contribution in [0.1, 0.15) is 45.1 Å². The second-order valence-corrected chi connectivity index (χ2v) is 7.64. The van der Waals surface area contributed by atoms with Crippen LogP contribution < -0.4 is 15.4 Å². The zero-order valence-electron chi connectivity index (χ0n) is 17.6. The maximum absolute atomic E-state index is 12.7. The molecule has 1 heterocycles. The SMILES string of the molecule is CN=C(NCc1ccc(OC(C)C)nc1)NCC1(C(=O)N(C)C)CCCC1.I. The van der Waals surface area contributed by atoms with Gasteiger partial charge in [0.1, 0.15) is 0 Å². The fraction of sp³-hybridized carbons (Fsp3) is 0.650. The minimum atomic E-state index is -0.321. The van der Waals surface area contributed by atoms with E-state index in [1.165, 1.54) is 0 Å². The maximum atomic E-state index is 12.7. The molecule has 0 saturated heterocycles. The van der Waals surface area contributed by atoms with Crippen LogP contribution in [-0.2, 0) is 11.3 Å². The first-order chi connectivity index (χ1) is 12.9. The first-order valence-corrected chi connectivity index (χ1v) is 9.64. The summed E-state index contributed by atoms with van der Waals surface area (Å²) in [5.74, 6) is 1.52. The number of pyridine rings is 1. The molecule has 1 aliphatic rings. The lowest BCUT2D eigenvalue weighted by atomic mass is 9.84. The Bertz CT molecular complexity index is 641. The summed E-state index contributed by atoms with van der Waals surface area (Å²) in [7, 11) is 5.40. The molecule has 0 aromatic carbocycles. The highest BCUT2D eigenvalue weighted by Crippen LogP contribution is 2.38. The molecule has 1 saturated carbocycles. The molecular formula is C20H34IN5O2. The van der Waals surface area contributed by atoms with Gasteiger partial charge in [-0.1, -0.05) is 18.9 Å². The molecule has 2 N–H and O–H groups in total. The van der Waals surface area contributed by atoms with E-state index >= 15 is 0 Å². The van der Waals surface area contributed by atoms with Gasteiger partial charge in [0.2, 0.25) is 11.8 Å². The molecule has 1 amide bonds. The quantitative estimate of drug-likeness (QED) is 0.340. The minimum absolute atomic E-state index is 0. The Kier molecular flexibility index (Phi) is 9.98. The van der Waals surface area contributed by atoms with E-state index in [0.29, 0.717) is 24.9 Å². The van der Waals surface area contributed by atoms with E-state index in [9.17, 15) is 4.79 Å². The van der Waals surface area contributed by atoms with Crippen molar-refractivity contribution in [1.29, 1.82) is 0 Å². The summed E-state index contributed by atoms with van der Waals surface area (Å²) in [5, 5.41) is 6.63. The standard InChI is InChI=1S/C20H33N5O2.HI/c1-15(2)27-17-9-8-16(12-22-17)13-23-19(21-3)24-14-20(10-6-7-11-20)18(26)25(4)5;/h8-9,12,15H,6-7,10-11,13-14H2,1-5H3,(H2,21,23,24);1H. The third kappa shape index (κ3) is 6.79. The Balaban J connectivity index is 0.00000392. The van der Waals surface area contributed by atoms with Crippen molar-refractivity contribution >= 4 is 35.8 Å². The van der Waals surface area contributed by atoms with Gasteiger partial charge in [-0.15, -0.1) is 24.0 Å². The number of carbonyl (C=O) groups excluding carboxylic acids is 1. The Morgan fingerprint density at radius 3 is 2.46 bits per heavy atom. The molecule has 0 atom stereocenters. The van der Waals surface area contributed by atoms with Crippen molar-refractivity contribution in [3.8, 4) is 5.88 Å². The zero-order valence-corrected chi connectivity index (χ0v) is 19.9. The average molecular weight is 503 g/mol. The molecule has 0 unspecified atom stereocenters. The molecule has 0 bridgehead atoms. The van der Waals surface area contributed by atoms with E-state index in [-0.39, 0.29) is 41.4 Å². The topological polar surface area (TPSA) is 78.9 Å². The summed E-state index contributed by atoms with van der Waals surface area (Å²) in [6, 6.07) is 3.86. The lowest BCUT2D eigenvalue weighted by Gasteiger charge is -2.31. The van der Waals surface area contributed by atoms with Gasteiger partial charge in [0, 0.05) is 46.5 Å². The number of hydrogen-bond acceptors (Lipinski definition) is 4. The van der Waals surface area contributed by atoms with Gasteiger partial charge < -0.3 is 20.3 Å². The lowest BCUT2D eigenvalue weighted by molar-refractivity contribution is -0.138. The van der Waals surface area contributed by atoms with Gasteiger partial charge in [0.15, 0.2) is 5.96 Å². The summed E-state index contributed by atoms with van der Waals surface area (Å²) < 4.78 is 5.56. The highest BCUT2D eigenvalue weighted by atomic mass is 127. The number of ether oxygens (including phenoxy) is 1. The zero-order chi connectivity index (χ0) is 19.9. The minimum Gasteiger partial charge on any atom is -0.475 e. The number of carbonyl (C=O) groups is 1. The van der Waals surface area contributed by atoms with E-state index in [1.54, 1.807) is 18.1 Å². The van der Waals surface area contributed by atoms with Crippen molar-refractivity contribution < 1.29 is 9.53 Å². The normalized spacial score (nSPS) is 15.7. The van der Waals surface area contributed by atoms with E-state index in [0.717, 1.165) is 31.2 Å². The van der Waals surface area contributed by atoms with Crippen LogP contribution >= 0.6 is 24.0 Å². The number of nitrogens with one attached hydrogen (secondary N) is 2. The molecule has 1 aromatic rings. The molecular weight excluding hydrogens is 469 g/mol. The second-order valence-electron chi connectivity index (χ2n) is 7.64. The number of halogens is 1. The Labute approximate surface area is 185 Å². The Hall–Kier alpha value is -1.58. The van der Waals surface area contributed by atoms with Crippen molar-refractivity contribution in [2.45, 2.75) is 52.2 Å². The van der Waals surface area contributed by atoms with Crippen LogP contribution in [0, 0.1) is 5.41 Å². The van der Waals surface area contributed by atoms with Crippen LogP contribution in [-0.4, -0.2) is 55.5 Å². The molecule has 8 heteroatoms. The molecule has 28 heavy (non-hydrogen) atoms. The Morgan fingerprint density at radius 1 is 1.29 bits per heavy atom. The van der Waals surface area contributed by atoms with Gasteiger partial charge in [-0.05, 0) is 32.3 Å². The third-order valence-electron chi connectivity index (χ3n) is 4.85. The largest absolute Gasteiger partial charge is 0.475 e. The van der Waals surface area contributed by atoms with E-state index < -0.39 is 0 Å². The van der Waals surface area contributed by atoms with Gasteiger partial charge in [-0.3, -0.25) is 9.79 Å². The van der Waals surface area contributed by atoms with Gasteiger partial charge in [-0.2, -0.15) is 0 Å². The molecule has 158 valence electrons. The van der Waals surface area contributed by atoms with Crippen LogP contribution in [0.15, 0.2) is 23.3 Å². The van der Waals surface area contributed by atoms with Crippen LogP contribution in [0.3, 0.4) is 0 Å². The van der Waals surface area contributed by atoms with Crippen LogP contribution in [0.4, 0.5) is 0 Å². The predicted octanol–water partition coefficient (Wildman–Crippen LogP) is 2.80. The van der Waals surface area contributed by atoms with Gasteiger partial charge >= 0.3 is 0 Å². The second kappa shape index (κ2) is 11.4. The van der Waals surface area contributed by atoms with Crippen LogP contribution in [0.25, 0.3) is 0 Å². The molecule has 1 aliphatic carbocycles. The predicted molar refractivity (Wildman–Crippen MR) is 123 cm³/mol. The van der Waals surface area contributed by atoms with Crippen molar-refractivity contribution in [2.24, 2.45) is 10.4 Å². The van der Waals surface area contributed by atoms with Gasteiger partial charge in [0.05, 0.1) is 11.5 Å². The fourth-order valence-electron chi connectivity index (χ4n) is 3.48. The number of rotatable bonds is 7. The number of nitrogens with zero attached hydrogens (tertiary/aromatic N) is 3. The van der Waals surface area contributed by atoms with Crippen LogP contribution in [0.2, 0.25) is 0 Å². The third-order valence-corrected chi connectivity index (χ3v) is 4.85. The van der Waals surface area contributed by atoms with E-state index in [4.69, 9.17) is 4.74 Å². The summed E-state index contributed by atoms with van der Waals surface area (Å²) in [6.07, 6.45) is 5.96. The number of hydrogen-bond donors (Lipinski definition) is 2. The summed E-state index contributed by atoms with van der Waals surface area (Å²) >= 11 is 0. The molecule has 1 fully saturated rings. The number of guanidine groups is 1. The fourth-order valence-corrected chi connectivity index (χ4v) is 3.48. The highest BCUT2D eigenvalue weighted by molar-refractivity contribution is 14.0. The van der Waals surface area contributed by atoms with Crippen molar-refractivity contribution in [3.63, 3.8) is 0 Å². The monoisotopic (exact) mass is 503 g/mol. The summed E-state index contributed by atoms with van der Waals surface area (Å²) in [5.41, 5.74) is 0.715. The molecule has 2 rings (SSSR count). The first-order valence-electron chi connectivity index (χ1n) is 9.64. The average Bonchev–Trinajstić information content (AvgIpc) is 3.12. The van der Waals surface area contributed by atoms with Crippen molar-refractivity contribution in [2.75, 3.05) is 27.7 Å². The molecule has 0 spiro atoms. The Morgan fingerprint density at radius 2 is 1.96 bits per heavy atom. The molecule has 0 aliphatic heterocycles. The van der Waals surface area contributed by atoms with Crippen molar-refractivity contribution in [1.82, 2.24) is 20.5 Å². The summed E-state index contributed by atoms with van der Waals surface area (Å²) in [4.78, 5) is 23.0. The van der Waals surface area contributed by atoms with E-state index in [2.05, 4.69) is 20.6 Å². The van der Waals surface area contributed by atoms with Gasteiger partial charge in [0.25, 0.3) is 0 Å². The van der Waals surface area contributed by atoms with E-state index in [1.807, 2.05) is 40.1 Å². The molecule has 0 radical (unpaired) electrons. The number of amides is 1. The smallest absolute Gasteiger partial charge is 0.230 e. The maximum Gasteiger partial charge on any atom is 0.230 e. The molecule has 7 nitrogen and oxygen atoms in total. The molecule has 1 aromatic heterocycles. The lowest BCUT2D eigenvalue weighted by Crippen LogP contribution is -2.49. The number of aromatic nitrogens is 1.